The normalized spacial score (nSPS) is 21.1. The lowest BCUT2D eigenvalue weighted by atomic mass is 9.92. The van der Waals surface area contributed by atoms with Gasteiger partial charge in [-0.2, -0.15) is 0 Å². The van der Waals surface area contributed by atoms with Crippen molar-refractivity contribution in [3.63, 3.8) is 0 Å². The van der Waals surface area contributed by atoms with Crippen LogP contribution in [0.3, 0.4) is 0 Å². The quantitative estimate of drug-likeness (QED) is 0.773. The molecule has 2 atom stereocenters. The van der Waals surface area contributed by atoms with E-state index in [1.807, 2.05) is 0 Å². The van der Waals surface area contributed by atoms with Crippen molar-refractivity contribution in [2.45, 2.75) is 26.7 Å². The Morgan fingerprint density at radius 3 is 2.48 bits per heavy atom. The molecule has 1 aromatic carbocycles. The summed E-state index contributed by atoms with van der Waals surface area (Å²) in [4.78, 5) is 25.8. The average Bonchev–Trinajstić information content (AvgIpc) is 2.46. The number of carbonyl (C=O) groups is 2. The van der Waals surface area contributed by atoms with Crippen molar-refractivity contribution < 1.29 is 14.3 Å². The maximum absolute atomic E-state index is 12.2. The highest BCUT2D eigenvalue weighted by Gasteiger charge is 2.25. The summed E-state index contributed by atoms with van der Waals surface area (Å²) in [6, 6.07) is 4.92. The number of carbonyl (C=O) groups excluding carboxylic acids is 2. The fraction of sp³-hybridized carbons (Fsp3) is 0.529. The van der Waals surface area contributed by atoms with Crippen LogP contribution in [-0.4, -0.2) is 36.5 Å². The Balaban J connectivity index is 1.83. The predicted octanol–water partition coefficient (Wildman–Crippen LogP) is 3.58. The van der Waals surface area contributed by atoms with Gasteiger partial charge in [0.15, 0.2) is 6.61 Å². The second-order valence-electron chi connectivity index (χ2n) is 6.32. The van der Waals surface area contributed by atoms with Gasteiger partial charge >= 0.3 is 5.97 Å². The van der Waals surface area contributed by atoms with E-state index in [4.69, 9.17) is 27.9 Å². The molecule has 23 heavy (non-hydrogen) atoms. The van der Waals surface area contributed by atoms with E-state index in [2.05, 4.69) is 13.8 Å². The zero-order valence-corrected chi connectivity index (χ0v) is 14.9. The zero-order chi connectivity index (χ0) is 17.0. The second-order valence-corrected chi connectivity index (χ2v) is 7.16. The van der Waals surface area contributed by atoms with Gasteiger partial charge in [-0.15, -0.1) is 0 Å². The number of piperidine rings is 1. The SMILES string of the molecule is C[C@@H]1C[C@H](C)CN(C(=O)COC(=O)Cc2ccc(Cl)cc2Cl)C1. The van der Waals surface area contributed by atoms with Crippen LogP contribution in [0.5, 0.6) is 0 Å². The van der Waals surface area contributed by atoms with E-state index in [0.29, 0.717) is 27.4 Å². The third-order valence-corrected chi connectivity index (χ3v) is 4.52. The number of likely N-dealkylation sites (tertiary alicyclic amines) is 1. The predicted molar refractivity (Wildman–Crippen MR) is 90.7 cm³/mol. The second kappa shape index (κ2) is 8.02. The number of halogens is 2. The van der Waals surface area contributed by atoms with Gasteiger partial charge in [-0.3, -0.25) is 9.59 Å². The van der Waals surface area contributed by atoms with Crippen molar-refractivity contribution in [1.82, 2.24) is 4.90 Å². The largest absolute Gasteiger partial charge is 0.455 e. The first-order chi connectivity index (χ1) is 10.8. The summed E-state index contributed by atoms with van der Waals surface area (Å²) < 4.78 is 5.09. The minimum atomic E-state index is -0.472. The minimum absolute atomic E-state index is 0.0239. The van der Waals surface area contributed by atoms with Crippen molar-refractivity contribution in [2.75, 3.05) is 19.7 Å². The first-order valence-electron chi connectivity index (χ1n) is 7.72. The highest BCUT2D eigenvalue weighted by molar-refractivity contribution is 6.35. The first-order valence-corrected chi connectivity index (χ1v) is 8.48. The number of hydrogen-bond donors (Lipinski definition) is 0. The number of benzene rings is 1. The van der Waals surface area contributed by atoms with E-state index in [0.717, 1.165) is 19.5 Å². The van der Waals surface area contributed by atoms with Crippen LogP contribution in [-0.2, 0) is 20.7 Å². The number of ether oxygens (including phenoxy) is 1. The van der Waals surface area contributed by atoms with Crippen LogP contribution in [0.4, 0.5) is 0 Å². The van der Waals surface area contributed by atoms with Gasteiger partial charge < -0.3 is 9.64 Å². The van der Waals surface area contributed by atoms with Crippen LogP contribution in [0.2, 0.25) is 10.0 Å². The van der Waals surface area contributed by atoms with E-state index >= 15 is 0 Å². The molecule has 2 rings (SSSR count). The van der Waals surface area contributed by atoms with Crippen molar-refractivity contribution in [3.05, 3.63) is 33.8 Å². The molecule has 0 radical (unpaired) electrons. The highest BCUT2D eigenvalue weighted by atomic mass is 35.5. The Morgan fingerprint density at radius 2 is 1.87 bits per heavy atom. The van der Waals surface area contributed by atoms with Crippen LogP contribution < -0.4 is 0 Å². The summed E-state index contributed by atoms with van der Waals surface area (Å²) in [5.74, 6) is 0.345. The van der Waals surface area contributed by atoms with E-state index in [1.54, 1.807) is 23.1 Å². The zero-order valence-electron chi connectivity index (χ0n) is 13.4. The molecule has 0 unspecified atom stereocenters. The molecule has 1 aromatic rings. The molecular formula is C17H21Cl2NO3. The topological polar surface area (TPSA) is 46.6 Å². The van der Waals surface area contributed by atoms with Crippen molar-refractivity contribution in [2.24, 2.45) is 11.8 Å². The molecule has 1 amide bonds. The summed E-state index contributed by atoms with van der Waals surface area (Å²) >= 11 is 11.8. The van der Waals surface area contributed by atoms with Crippen LogP contribution in [0.15, 0.2) is 18.2 Å². The number of esters is 1. The smallest absolute Gasteiger partial charge is 0.310 e. The summed E-state index contributed by atoms with van der Waals surface area (Å²) in [5, 5.41) is 0.926. The minimum Gasteiger partial charge on any atom is -0.455 e. The Kier molecular flexibility index (Phi) is 6.31. The van der Waals surface area contributed by atoms with Gasteiger partial charge in [0.2, 0.25) is 0 Å². The molecule has 0 saturated carbocycles. The molecule has 0 bridgehead atoms. The maximum atomic E-state index is 12.2. The molecule has 4 nitrogen and oxygen atoms in total. The van der Waals surface area contributed by atoms with Crippen LogP contribution in [0.1, 0.15) is 25.8 Å². The van der Waals surface area contributed by atoms with Crippen LogP contribution in [0, 0.1) is 11.8 Å². The molecule has 0 aliphatic carbocycles. The average molecular weight is 358 g/mol. The van der Waals surface area contributed by atoms with E-state index in [-0.39, 0.29) is 18.9 Å². The van der Waals surface area contributed by atoms with E-state index in [9.17, 15) is 9.59 Å². The third kappa shape index (κ3) is 5.40. The van der Waals surface area contributed by atoms with E-state index in [1.165, 1.54) is 0 Å². The molecular weight excluding hydrogens is 337 g/mol. The lowest BCUT2D eigenvalue weighted by molar-refractivity contribution is -0.152. The molecule has 0 spiro atoms. The lowest BCUT2D eigenvalue weighted by Crippen LogP contribution is -2.44. The monoisotopic (exact) mass is 357 g/mol. The molecule has 1 heterocycles. The molecule has 0 N–H and O–H groups in total. The Labute approximate surface area is 146 Å². The number of rotatable bonds is 4. The summed E-state index contributed by atoms with van der Waals surface area (Å²) in [7, 11) is 0. The Morgan fingerprint density at radius 1 is 1.22 bits per heavy atom. The van der Waals surface area contributed by atoms with Gasteiger partial charge in [0.05, 0.1) is 6.42 Å². The number of nitrogens with zero attached hydrogens (tertiary/aromatic N) is 1. The van der Waals surface area contributed by atoms with Gasteiger partial charge in [0, 0.05) is 23.1 Å². The molecule has 1 aliphatic rings. The fourth-order valence-corrected chi connectivity index (χ4v) is 3.45. The highest BCUT2D eigenvalue weighted by Crippen LogP contribution is 2.22. The van der Waals surface area contributed by atoms with Crippen molar-refractivity contribution in [1.29, 1.82) is 0 Å². The van der Waals surface area contributed by atoms with Crippen molar-refractivity contribution in [3.8, 4) is 0 Å². The Bertz CT molecular complexity index is 581. The molecule has 0 aromatic heterocycles. The van der Waals surface area contributed by atoms with Crippen LogP contribution >= 0.6 is 23.2 Å². The standard InChI is InChI=1S/C17H21Cl2NO3/c1-11-5-12(2)9-20(8-11)16(21)10-23-17(22)6-13-3-4-14(18)7-15(13)19/h3-4,7,11-12H,5-6,8-10H2,1-2H3/t11-,12+. The maximum Gasteiger partial charge on any atom is 0.310 e. The van der Waals surface area contributed by atoms with Crippen molar-refractivity contribution >= 4 is 35.1 Å². The summed E-state index contributed by atoms with van der Waals surface area (Å²) in [5.41, 5.74) is 0.633. The Hall–Kier alpha value is -1.26. The van der Waals surface area contributed by atoms with Gasteiger partial charge in [-0.25, -0.2) is 0 Å². The third-order valence-electron chi connectivity index (χ3n) is 3.93. The fourth-order valence-electron chi connectivity index (χ4n) is 2.97. The number of hydrogen-bond acceptors (Lipinski definition) is 3. The lowest BCUT2D eigenvalue weighted by Gasteiger charge is -2.34. The van der Waals surface area contributed by atoms with Gasteiger partial charge in [-0.05, 0) is 36.0 Å². The molecule has 126 valence electrons. The molecule has 1 aliphatic heterocycles. The van der Waals surface area contributed by atoms with Crippen LogP contribution in [0.25, 0.3) is 0 Å². The molecule has 1 saturated heterocycles. The first kappa shape index (κ1) is 18.1. The summed E-state index contributed by atoms with van der Waals surface area (Å²) in [6.07, 6.45) is 1.15. The molecule has 1 fully saturated rings. The van der Waals surface area contributed by atoms with Gasteiger partial charge in [0.25, 0.3) is 5.91 Å². The molecule has 6 heteroatoms. The summed E-state index contributed by atoms with van der Waals surface area (Å²) in [6.45, 7) is 5.49. The van der Waals surface area contributed by atoms with Gasteiger partial charge in [-0.1, -0.05) is 43.1 Å². The van der Waals surface area contributed by atoms with Gasteiger partial charge in [0.1, 0.15) is 0 Å². The number of amides is 1. The van der Waals surface area contributed by atoms with E-state index < -0.39 is 5.97 Å².